The highest BCUT2D eigenvalue weighted by atomic mass is 35.5. The van der Waals surface area contributed by atoms with Crippen LogP contribution < -0.4 is 0 Å². The minimum atomic E-state index is -0.170. The number of piperazine rings is 1. The number of halogens is 4. The summed E-state index contributed by atoms with van der Waals surface area (Å²) in [5, 5.41) is 1.14. The number of aromatic nitrogens is 1. The number of pyridine rings is 1. The predicted octanol–water partition coefficient (Wildman–Crippen LogP) is 5.41. The van der Waals surface area contributed by atoms with E-state index in [-0.39, 0.29) is 49.0 Å². The van der Waals surface area contributed by atoms with Gasteiger partial charge < -0.3 is 9.80 Å². The van der Waals surface area contributed by atoms with Crippen LogP contribution in [-0.4, -0.2) is 54.6 Å². The summed E-state index contributed by atoms with van der Waals surface area (Å²) in [7, 11) is 2.18. The number of hydrogen-bond acceptors (Lipinski definition) is 3. The topological polar surface area (TPSA) is 19.4 Å². The highest BCUT2D eigenvalue weighted by molar-refractivity contribution is 5.86. The summed E-state index contributed by atoms with van der Waals surface area (Å²) in [4.78, 5) is 9.39. The van der Waals surface area contributed by atoms with E-state index in [1.807, 2.05) is 24.4 Å². The van der Waals surface area contributed by atoms with Gasteiger partial charge >= 0.3 is 0 Å². The lowest BCUT2D eigenvalue weighted by atomic mass is 9.87. The Balaban J connectivity index is 0.00000150. The van der Waals surface area contributed by atoms with Gasteiger partial charge in [-0.1, -0.05) is 30.3 Å². The Morgan fingerprint density at radius 2 is 1.63 bits per heavy atom. The molecule has 4 rings (SSSR count). The molecule has 1 unspecified atom stereocenters. The van der Waals surface area contributed by atoms with Gasteiger partial charge in [-0.05, 0) is 55.4 Å². The number of nitrogens with zero attached hydrogens (tertiary/aromatic N) is 3. The van der Waals surface area contributed by atoms with Crippen LogP contribution in [0.4, 0.5) is 4.39 Å². The summed E-state index contributed by atoms with van der Waals surface area (Å²) in [6.07, 6.45) is 2.80. The third-order valence-corrected chi connectivity index (χ3v) is 5.61. The maximum absolute atomic E-state index is 13.9. The molecule has 2 heterocycles. The van der Waals surface area contributed by atoms with E-state index in [1.165, 1.54) is 11.6 Å². The van der Waals surface area contributed by atoms with Crippen molar-refractivity contribution in [1.29, 1.82) is 0 Å². The van der Waals surface area contributed by atoms with Crippen LogP contribution >= 0.6 is 37.2 Å². The van der Waals surface area contributed by atoms with Crippen molar-refractivity contribution in [2.45, 2.75) is 12.3 Å². The molecule has 2 aromatic carbocycles. The average molecular weight is 473 g/mol. The van der Waals surface area contributed by atoms with Crippen LogP contribution in [0.5, 0.6) is 0 Å². The largest absolute Gasteiger partial charge is 0.304 e. The highest BCUT2D eigenvalue weighted by Gasteiger charge is 2.19. The van der Waals surface area contributed by atoms with Crippen LogP contribution in [0.3, 0.4) is 0 Å². The van der Waals surface area contributed by atoms with Crippen molar-refractivity contribution < 1.29 is 4.39 Å². The number of likely N-dealkylation sites (N-methyl/N-ethyl adjacent to an activating group) is 1. The Labute approximate surface area is 196 Å². The molecule has 1 fully saturated rings. The molecule has 1 aliphatic rings. The molecular weight excluding hydrogens is 444 g/mol. The van der Waals surface area contributed by atoms with Crippen molar-refractivity contribution in [1.82, 2.24) is 14.8 Å². The Morgan fingerprint density at radius 1 is 0.900 bits per heavy atom. The molecular formula is C23H29Cl3FN3. The minimum absolute atomic E-state index is 0. The molecule has 0 spiro atoms. The molecule has 0 saturated carbocycles. The maximum atomic E-state index is 13.9. The van der Waals surface area contributed by atoms with Crippen molar-refractivity contribution in [2.24, 2.45) is 0 Å². The standard InChI is InChI=1S/C23H26FN3.3ClH/c1-26-12-14-27(15-13-26)11-9-22(19-4-2-6-21(24)16-19)20-8-7-18-5-3-10-25-23(18)17-20;;;/h2-8,10,16-17,22H,9,11-15H2,1H3;3*1H. The zero-order chi connectivity index (χ0) is 18.6. The summed E-state index contributed by atoms with van der Waals surface area (Å²) in [6, 6.07) is 17.5. The fourth-order valence-corrected chi connectivity index (χ4v) is 3.93. The molecule has 30 heavy (non-hydrogen) atoms. The van der Waals surface area contributed by atoms with Crippen LogP contribution in [0.2, 0.25) is 0 Å². The van der Waals surface area contributed by atoms with Crippen molar-refractivity contribution in [3.8, 4) is 0 Å². The molecule has 0 amide bonds. The molecule has 0 N–H and O–H groups in total. The van der Waals surface area contributed by atoms with Gasteiger partial charge in [-0.3, -0.25) is 4.98 Å². The van der Waals surface area contributed by atoms with Gasteiger partial charge in [-0.25, -0.2) is 4.39 Å². The van der Waals surface area contributed by atoms with Crippen molar-refractivity contribution in [3.63, 3.8) is 0 Å². The van der Waals surface area contributed by atoms with E-state index >= 15 is 0 Å². The van der Waals surface area contributed by atoms with Crippen LogP contribution in [0.1, 0.15) is 23.5 Å². The van der Waals surface area contributed by atoms with Crippen molar-refractivity contribution >= 4 is 48.1 Å². The molecule has 1 aliphatic heterocycles. The van der Waals surface area contributed by atoms with E-state index < -0.39 is 0 Å². The van der Waals surface area contributed by atoms with E-state index in [1.54, 1.807) is 6.07 Å². The zero-order valence-electron chi connectivity index (χ0n) is 17.0. The van der Waals surface area contributed by atoms with Gasteiger partial charge in [0, 0.05) is 43.7 Å². The first-order valence-corrected chi connectivity index (χ1v) is 9.70. The van der Waals surface area contributed by atoms with Crippen LogP contribution in [-0.2, 0) is 0 Å². The molecule has 164 valence electrons. The third-order valence-electron chi connectivity index (χ3n) is 5.61. The minimum Gasteiger partial charge on any atom is -0.304 e. The quantitative estimate of drug-likeness (QED) is 0.495. The second kappa shape index (κ2) is 12.4. The molecule has 1 atom stereocenters. The Hall–Kier alpha value is -1.43. The molecule has 0 aliphatic carbocycles. The van der Waals surface area contributed by atoms with Gasteiger partial charge in [0.15, 0.2) is 0 Å². The molecule has 0 radical (unpaired) electrons. The summed E-state index contributed by atoms with van der Waals surface area (Å²) in [5.41, 5.74) is 3.25. The Morgan fingerprint density at radius 3 is 2.37 bits per heavy atom. The van der Waals surface area contributed by atoms with Crippen molar-refractivity contribution in [2.75, 3.05) is 39.8 Å². The lowest BCUT2D eigenvalue weighted by Crippen LogP contribution is -2.44. The smallest absolute Gasteiger partial charge is 0.123 e. The monoisotopic (exact) mass is 471 g/mol. The van der Waals surface area contributed by atoms with Crippen LogP contribution in [0.25, 0.3) is 10.9 Å². The lowest BCUT2D eigenvalue weighted by Gasteiger charge is -2.33. The third kappa shape index (κ3) is 6.53. The van der Waals surface area contributed by atoms with E-state index in [4.69, 9.17) is 0 Å². The maximum Gasteiger partial charge on any atom is 0.123 e. The lowest BCUT2D eigenvalue weighted by molar-refractivity contribution is 0.151. The fourth-order valence-electron chi connectivity index (χ4n) is 3.93. The molecule has 3 nitrogen and oxygen atoms in total. The first-order valence-electron chi connectivity index (χ1n) is 9.70. The molecule has 3 aromatic rings. The summed E-state index contributed by atoms with van der Waals surface area (Å²) in [6.45, 7) is 5.46. The van der Waals surface area contributed by atoms with E-state index in [2.05, 4.69) is 46.1 Å². The molecule has 0 bridgehead atoms. The number of rotatable bonds is 5. The zero-order valence-corrected chi connectivity index (χ0v) is 19.5. The Bertz CT molecular complexity index is 917. The number of benzene rings is 2. The van der Waals surface area contributed by atoms with Crippen LogP contribution in [0, 0.1) is 5.82 Å². The van der Waals surface area contributed by atoms with Gasteiger partial charge in [0.2, 0.25) is 0 Å². The summed E-state index contributed by atoms with van der Waals surface area (Å²) < 4.78 is 13.9. The molecule has 7 heteroatoms. The normalized spacial score (nSPS) is 15.5. The first kappa shape index (κ1) is 26.6. The van der Waals surface area contributed by atoms with Gasteiger partial charge in [0.05, 0.1) is 5.52 Å². The van der Waals surface area contributed by atoms with Gasteiger partial charge in [-0.15, -0.1) is 37.2 Å². The SMILES string of the molecule is CN1CCN(CCC(c2cccc(F)c2)c2ccc3cccnc3c2)CC1.Cl.Cl.Cl. The average Bonchev–Trinajstić information content (AvgIpc) is 2.69. The molecule has 1 aromatic heterocycles. The number of fused-ring (bicyclic) bond motifs is 1. The number of hydrogen-bond donors (Lipinski definition) is 0. The van der Waals surface area contributed by atoms with Gasteiger partial charge in [0.25, 0.3) is 0 Å². The van der Waals surface area contributed by atoms with E-state index in [9.17, 15) is 4.39 Å². The second-order valence-electron chi connectivity index (χ2n) is 7.50. The molecule has 1 saturated heterocycles. The predicted molar refractivity (Wildman–Crippen MR) is 130 cm³/mol. The second-order valence-corrected chi connectivity index (χ2v) is 7.50. The summed E-state index contributed by atoms with van der Waals surface area (Å²) in [5.74, 6) is 0.00257. The highest BCUT2D eigenvalue weighted by Crippen LogP contribution is 2.30. The van der Waals surface area contributed by atoms with Crippen LogP contribution in [0.15, 0.2) is 60.8 Å². The van der Waals surface area contributed by atoms with Gasteiger partial charge in [0.1, 0.15) is 5.82 Å². The van der Waals surface area contributed by atoms with E-state index in [0.29, 0.717) is 0 Å². The van der Waals surface area contributed by atoms with Crippen molar-refractivity contribution in [3.05, 3.63) is 77.7 Å². The first-order chi connectivity index (χ1) is 13.2. The Kier molecular flexibility index (Phi) is 11.0. The fraction of sp³-hybridized carbons (Fsp3) is 0.348. The van der Waals surface area contributed by atoms with E-state index in [0.717, 1.165) is 55.6 Å². The van der Waals surface area contributed by atoms with Gasteiger partial charge in [-0.2, -0.15) is 0 Å². The summed E-state index contributed by atoms with van der Waals surface area (Å²) >= 11 is 0.